The van der Waals surface area contributed by atoms with E-state index in [1.165, 1.54) is 19.3 Å². The van der Waals surface area contributed by atoms with Crippen molar-refractivity contribution in [2.45, 2.75) is 38.6 Å². The number of aromatic nitrogens is 3. The lowest BCUT2D eigenvalue weighted by molar-refractivity contribution is 0.104. The quantitative estimate of drug-likeness (QED) is 0.481. The van der Waals surface area contributed by atoms with Crippen LogP contribution < -0.4 is 10.5 Å². The molecule has 30 heavy (non-hydrogen) atoms. The third-order valence-corrected chi connectivity index (χ3v) is 6.19. The Morgan fingerprint density at radius 2 is 2.03 bits per heavy atom. The predicted molar refractivity (Wildman–Crippen MR) is 115 cm³/mol. The van der Waals surface area contributed by atoms with Crippen LogP contribution in [0.1, 0.15) is 54.6 Å². The van der Waals surface area contributed by atoms with E-state index in [9.17, 15) is 13.2 Å². The number of fused-ring (bicyclic) bond motifs is 1. The number of sulfonamides is 1. The molecule has 1 fully saturated rings. The molecule has 1 aromatic carbocycles. The molecular weight excluding hydrogens is 402 g/mol. The first kappa shape index (κ1) is 19.9. The van der Waals surface area contributed by atoms with Crippen molar-refractivity contribution in [3.63, 3.8) is 0 Å². The molecule has 0 aliphatic heterocycles. The van der Waals surface area contributed by atoms with Crippen LogP contribution in [0, 0.1) is 11.2 Å². The van der Waals surface area contributed by atoms with Gasteiger partial charge in [0.05, 0.1) is 16.6 Å². The van der Waals surface area contributed by atoms with Crippen LogP contribution in [0.25, 0.3) is 11.0 Å². The van der Waals surface area contributed by atoms with Gasteiger partial charge in [-0.15, -0.1) is 0 Å². The van der Waals surface area contributed by atoms with E-state index in [0.717, 1.165) is 25.7 Å². The Kier molecular flexibility index (Phi) is 5.18. The molecule has 0 saturated heterocycles. The zero-order valence-corrected chi connectivity index (χ0v) is 17.2. The maximum Gasteiger partial charge on any atom is 0.301 e. The number of rotatable bonds is 5. The number of nitrogens with zero attached hydrogens (tertiary/aromatic N) is 3. The number of nitrogen functional groups attached to an aromatic ring is 1. The van der Waals surface area contributed by atoms with Crippen molar-refractivity contribution in [3.05, 3.63) is 47.9 Å². The first-order valence-electron chi connectivity index (χ1n) is 9.61. The van der Waals surface area contributed by atoms with Crippen molar-refractivity contribution < 1.29 is 13.2 Å². The van der Waals surface area contributed by atoms with Crippen LogP contribution in [0.4, 0.5) is 11.5 Å². The number of ketones is 1. The Morgan fingerprint density at radius 3 is 2.77 bits per heavy atom. The average Bonchev–Trinajstić information content (AvgIpc) is 3.35. The minimum atomic E-state index is -3.81. The highest BCUT2D eigenvalue weighted by atomic mass is 32.2. The molecule has 2 heterocycles. The first-order chi connectivity index (χ1) is 14.4. The fourth-order valence-electron chi connectivity index (χ4n) is 3.94. The third kappa shape index (κ3) is 3.74. The van der Waals surface area contributed by atoms with E-state index in [1.807, 2.05) is 4.57 Å². The number of hydrogen-bond acceptors (Lipinski definition) is 6. The first-order valence-corrected chi connectivity index (χ1v) is 11.1. The molecule has 8 nitrogen and oxygen atoms in total. The Balaban J connectivity index is 1.77. The largest absolute Gasteiger partial charge is 0.383 e. The molecular formula is C21H21N5O3S. The summed E-state index contributed by atoms with van der Waals surface area (Å²) in [5.74, 6) is 2.32. The smallest absolute Gasteiger partial charge is 0.301 e. The van der Waals surface area contributed by atoms with Crippen molar-refractivity contribution >= 4 is 38.3 Å². The van der Waals surface area contributed by atoms with Gasteiger partial charge in [-0.2, -0.15) is 8.42 Å². The van der Waals surface area contributed by atoms with Gasteiger partial charge >= 0.3 is 10.0 Å². The van der Waals surface area contributed by atoms with Crippen LogP contribution in [0.2, 0.25) is 0 Å². The van der Waals surface area contributed by atoms with E-state index in [-0.39, 0.29) is 23.3 Å². The normalized spacial score (nSPS) is 14.4. The number of carbonyl (C=O) groups is 1. The number of carbonyl (C=O) groups excluding carboxylic acids is 1. The Labute approximate surface area is 174 Å². The molecule has 4 rings (SSSR count). The van der Waals surface area contributed by atoms with Crippen molar-refractivity contribution in [2.24, 2.45) is 0 Å². The van der Waals surface area contributed by atoms with Gasteiger partial charge in [0.2, 0.25) is 0 Å². The SMILES string of the molecule is CC#CS(=O)(=O)Nc1cccc(C(=O)c2cn(C3CCCC3)c3ncnc(N)c23)c1. The minimum Gasteiger partial charge on any atom is -0.383 e. The highest BCUT2D eigenvalue weighted by Gasteiger charge is 2.25. The topological polar surface area (TPSA) is 120 Å². The fourth-order valence-corrected chi connectivity index (χ4v) is 4.69. The standard InChI is InChI=1S/C21H21N5O3S/c1-2-10-30(28,29)25-15-7-5-6-14(11-15)19(27)17-12-26(16-8-3-4-9-16)21-18(17)20(22)23-13-24-21/h5-7,11-13,16,25H,3-4,8-9H2,1H3,(H2,22,23,24). The lowest BCUT2D eigenvalue weighted by Crippen LogP contribution is -2.10. The van der Waals surface area contributed by atoms with E-state index >= 15 is 0 Å². The molecule has 0 unspecified atom stereocenters. The van der Waals surface area contributed by atoms with Gasteiger partial charge in [0, 0.05) is 23.1 Å². The van der Waals surface area contributed by atoms with Gasteiger partial charge in [-0.3, -0.25) is 9.52 Å². The molecule has 1 aliphatic carbocycles. The lowest BCUT2D eigenvalue weighted by Gasteiger charge is -2.12. The molecule has 1 aliphatic rings. The molecule has 154 valence electrons. The van der Waals surface area contributed by atoms with Crippen molar-refractivity contribution in [1.82, 2.24) is 14.5 Å². The van der Waals surface area contributed by atoms with Gasteiger partial charge < -0.3 is 10.3 Å². The summed E-state index contributed by atoms with van der Waals surface area (Å²) < 4.78 is 28.2. The van der Waals surface area contributed by atoms with Crippen LogP contribution in [0.3, 0.4) is 0 Å². The summed E-state index contributed by atoms with van der Waals surface area (Å²) in [6.45, 7) is 1.44. The maximum atomic E-state index is 13.4. The van der Waals surface area contributed by atoms with Gasteiger partial charge in [0.25, 0.3) is 0 Å². The number of anilines is 2. The Bertz CT molecular complexity index is 1300. The summed E-state index contributed by atoms with van der Waals surface area (Å²) in [5.41, 5.74) is 7.74. The lowest BCUT2D eigenvalue weighted by atomic mass is 10.0. The molecule has 0 radical (unpaired) electrons. The number of hydrogen-bond donors (Lipinski definition) is 2. The zero-order chi connectivity index (χ0) is 21.3. The number of nitrogens with one attached hydrogen (secondary N) is 1. The maximum absolute atomic E-state index is 13.4. The molecule has 3 N–H and O–H groups in total. The summed E-state index contributed by atoms with van der Waals surface area (Å²) in [7, 11) is -3.81. The van der Waals surface area contributed by atoms with E-state index < -0.39 is 10.0 Å². The third-order valence-electron chi connectivity index (χ3n) is 5.21. The van der Waals surface area contributed by atoms with Gasteiger partial charge in [-0.1, -0.05) is 30.9 Å². The Hall–Kier alpha value is -3.38. The second-order valence-electron chi connectivity index (χ2n) is 7.21. The number of nitrogens with two attached hydrogens (primary N) is 1. The van der Waals surface area contributed by atoms with Crippen LogP contribution in [0.15, 0.2) is 36.8 Å². The summed E-state index contributed by atoms with van der Waals surface area (Å²) >= 11 is 0. The molecule has 0 spiro atoms. The van der Waals surface area contributed by atoms with E-state index in [0.29, 0.717) is 22.2 Å². The second-order valence-corrected chi connectivity index (χ2v) is 8.63. The summed E-state index contributed by atoms with van der Waals surface area (Å²) in [4.78, 5) is 21.8. The van der Waals surface area contributed by atoms with Gasteiger partial charge in [-0.05, 0) is 31.9 Å². The van der Waals surface area contributed by atoms with Crippen LogP contribution >= 0.6 is 0 Å². The molecule has 0 amide bonds. The van der Waals surface area contributed by atoms with Crippen LogP contribution in [-0.2, 0) is 10.0 Å². The predicted octanol–water partition coefficient (Wildman–Crippen LogP) is 3.08. The van der Waals surface area contributed by atoms with Gasteiger partial charge in [-0.25, -0.2) is 9.97 Å². The molecule has 0 bridgehead atoms. The Morgan fingerprint density at radius 1 is 1.27 bits per heavy atom. The van der Waals surface area contributed by atoms with Crippen molar-refractivity contribution in [1.29, 1.82) is 0 Å². The van der Waals surface area contributed by atoms with E-state index in [4.69, 9.17) is 5.73 Å². The van der Waals surface area contributed by atoms with E-state index in [2.05, 4.69) is 25.9 Å². The second kappa shape index (κ2) is 7.80. The van der Waals surface area contributed by atoms with Crippen LogP contribution in [-0.4, -0.2) is 28.7 Å². The van der Waals surface area contributed by atoms with Crippen molar-refractivity contribution in [2.75, 3.05) is 10.5 Å². The average molecular weight is 423 g/mol. The van der Waals surface area contributed by atoms with Gasteiger partial charge in [0.1, 0.15) is 17.8 Å². The minimum absolute atomic E-state index is 0.246. The van der Waals surface area contributed by atoms with Gasteiger partial charge in [0.15, 0.2) is 5.78 Å². The molecule has 0 atom stereocenters. The summed E-state index contributed by atoms with van der Waals surface area (Å²) in [6.07, 6.45) is 7.52. The monoisotopic (exact) mass is 423 g/mol. The highest BCUT2D eigenvalue weighted by molar-refractivity contribution is 7.97. The summed E-state index contributed by atoms with van der Waals surface area (Å²) in [6, 6.07) is 6.56. The molecule has 2 aromatic heterocycles. The zero-order valence-electron chi connectivity index (χ0n) is 16.4. The highest BCUT2D eigenvalue weighted by Crippen LogP contribution is 2.35. The molecule has 3 aromatic rings. The van der Waals surface area contributed by atoms with Crippen molar-refractivity contribution in [3.8, 4) is 11.2 Å². The summed E-state index contributed by atoms with van der Waals surface area (Å²) in [5, 5.41) is 2.63. The van der Waals surface area contributed by atoms with Crippen LogP contribution in [0.5, 0.6) is 0 Å². The molecule has 9 heteroatoms. The van der Waals surface area contributed by atoms with E-state index in [1.54, 1.807) is 24.4 Å². The fraction of sp³-hybridized carbons (Fsp3) is 0.286. The number of benzene rings is 1. The molecule has 1 saturated carbocycles.